The van der Waals surface area contributed by atoms with E-state index in [9.17, 15) is 4.79 Å². The summed E-state index contributed by atoms with van der Waals surface area (Å²) in [6.07, 6.45) is 1.54. The Morgan fingerprint density at radius 3 is 2.81 bits per heavy atom. The Balaban J connectivity index is 1.47. The number of hydrogen-bond donors (Lipinski definition) is 2. The topological polar surface area (TPSA) is 88.5 Å². The zero-order valence-corrected chi connectivity index (χ0v) is 15.7. The number of nitrogens with one attached hydrogen (secondary N) is 2. The van der Waals surface area contributed by atoms with Crippen molar-refractivity contribution in [3.63, 3.8) is 0 Å². The molecule has 0 atom stereocenters. The van der Waals surface area contributed by atoms with Crippen molar-refractivity contribution < 1.29 is 0 Å². The third-order valence-corrected chi connectivity index (χ3v) is 5.11. The molecule has 7 nitrogen and oxygen atoms in total. The van der Waals surface area contributed by atoms with Crippen LogP contribution in [0.2, 0.25) is 5.02 Å². The van der Waals surface area contributed by atoms with E-state index in [0.717, 1.165) is 10.4 Å². The van der Waals surface area contributed by atoms with Crippen molar-refractivity contribution in [2.24, 2.45) is 0 Å². The lowest BCUT2D eigenvalue weighted by Crippen LogP contribution is -2.24. The number of rotatable bonds is 6. The number of halogens is 1. The van der Waals surface area contributed by atoms with Crippen molar-refractivity contribution in [2.45, 2.75) is 13.1 Å². The van der Waals surface area contributed by atoms with Gasteiger partial charge in [-0.15, -0.1) is 11.3 Å². The molecule has 0 saturated heterocycles. The molecule has 0 fully saturated rings. The van der Waals surface area contributed by atoms with Crippen LogP contribution in [0.1, 0.15) is 11.4 Å². The molecule has 0 aliphatic heterocycles. The molecule has 2 N–H and O–H groups in total. The monoisotopic (exact) mass is 398 g/mol. The highest BCUT2D eigenvalue weighted by molar-refractivity contribution is 7.13. The average molecular weight is 399 g/mol. The number of benzene rings is 1. The van der Waals surface area contributed by atoms with Crippen LogP contribution in [-0.2, 0) is 13.1 Å². The molecule has 0 spiro atoms. The Bertz CT molecular complexity index is 1090. The number of nitrogens with zero attached hydrogens (tertiary/aromatic N) is 4. The number of thiophene rings is 1. The van der Waals surface area contributed by atoms with Crippen molar-refractivity contribution in [3.8, 4) is 10.7 Å². The van der Waals surface area contributed by atoms with Crippen molar-refractivity contribution >= 4 is 28.6 Å². The SMILES string of the molecule is O=c1c(Cl)c(NCc2nc(-c3cccs3)n[nH]2)cnn1Cc1ccccc1. The third-order valence-electron chi connectivity index (χ3n) is 3.88. The normalized spacial score (nSPS) is 10.9. The van der Waals surface area contributed by atoms with Gasteiger partial charge in [0.15, 0.2) is 5.82 Å². The molecular weight excluding hydrogens is 384 g/mol. The van der Waals surface area contributed by atoms with Crippen LogP contribution in [0.3, 0.4) is 0 Å². The fraction of sp³-hybridized carbons (Fsp3) is 0.111. The highest BCUT2D eigenvalue weighted by Crippen LogP contribution is 2.21. The highest BCUT2D eigenvalue weighted by Gasteiger charge is 2.11. The van der Waals surface area contributed by atoms with Gasteiger partial charge < -0.3 is 5.32 Å². The van der Waals surface area contributed by atoms with Crippen LogP contribution < -0.4 is 10.9 Å². The fourth-order valence-electron chi connectivity index (χ4n) is 2.53. The first-order valence-electron chi connectivity index (χ1n) is 8.19. The zero-order chi connectivity index (χ0) is 18.6. The molecule has 3 heterocycles. The molecule has 0 aliphatic carbocycles. The summed E-state index contributed by atoms with van der Waals surface area (Å²) in [6.45, 7) is 0.716. The second-order valence-corrected chi connectivity index (χ2v) is 7.08. The van der Waals surface area contributed by atoms with Gasteiger partial charge in [-0.3, -0.25) is 9.89 Å². The largest absolute Gasteiger partial charge is 0.375 e. The van der Waals surface area contributed by atoms with E-state index in [1.807, 2.05) is 47.8 Å². The van der Waals surface area contributed by atoms with Crippen LogP contribution in [0.15, 0.2) is 58.8 Å². The van der Waals surface area contributed by atoms with Crippen LogP contribution in [-0.4, -0.2) is 25.0 Å². The van der Waals surface area contributed by atoms with Gasteiger partial charge in [-0.05, 0) is 17.0 Å². The quantitative estimate of drug-likeness (QED) is 0.519. The van der Waals surface area contributed by atoms with Gasteiger partial charge in [-0.1, -0.05) is 48.0 Å². The maximum absolute atomic E-state index is 12.5. The summed E-state index contributed by atoms with van der Waals surface area (Å²) in [5, 5.41) is 16.4. The number of aromatic nitrogens is 5. The Morgan fingerprint density at radius 2 is 2.04 bits per heavy atom. The van der Waals surface area contributed by atoms with E-state index >= 15 is 0 Å². The predicted octanol–water partition coefficient (Wildman–Crippen LogP) is 3.40. The van der Waals surface area contributed by atoms with E-state index in [1.54, 1.807) is 17.5 Å². The first-order chi connectivity index (χ1) is 13.2. The molecule has 0 bridgehead atoms. The lowest BCUT2D eigenvalue weighted by atomic mass is 10.2. The molecule has 0 radical (unpaired) electrons. The van der Waals surface area contributed by atoms with Crippen molar-refractivity contribution in [1.29, 1.82) is 0 Å². The van der Waals surface area contributed by atoms with Crippen molar-refractivity contribution in [2.75, 3.05) is 5.32 Å². The van der Waals surface area contributed by atoms with Gasteiger partial charge in [0.1, 0.15) is 10.8 Å². The number of aromatic amines is 1. The summed E-state index contributed by atoms with van der Waals surface area (Å²) in [4.78, 5) is 17.9. The van der Waals surface area contributed by atoms with Gasteiger partial charge >= 0.3 is 0 Å². The van der Waals surface area contributed by atoms with Gasteiger partial charge in [0, 0.05) is 0 Å². The van der Waals surface area contributed by atoms with E-state index in [2.05, 4.69) is 25.6 Å². The summed E-state index contributed by atoms with van der Waals surface area (Å²) in [7, 11) is 0. The van der Waals surface area contributed by atoms with Crippen molar-refractivity contribution in [1.82, 2.24) is 25.0 Å². The Hall–Kier alpha value is -2.97. The molecule has 0 amide bonds. The Kier molecular flexibility index (Phi) is 4.99. The second-order valence-electron chi connectivity index (χ2n) is 5.76. The van der Waals surface area contributed by atoms with Crippen LogP contribution in [0.4, 0.5) is 5.69 Å². The maximum atomic E-state index is 12.5. The van der Waals surface area contributed by atoms with E-state index in [1.165, 1.54) is 4.68 Å². The summed E-state index contributed by atoms with van der Waals surface area (Å²) in [5.74, 6) is 1.28. The summed E-state index contributed by atoms with van der Waals surface area (Å²) < 4.78 is 1.34. The van der Waals surface area contributed by atoms with Crippen LogP contribution >= 0.6 is 22.9 Å². The fourth-order valence-corrected chi connectivity index (χ4v) is 3.40. The minimum absolute atomic E-state index is 0.0962. The van der Waals surface area contributed by atoms with E-state index in [4.69, 9.17) is 11.6 Å². The third kappa shape index (κ3) is 3.91. The minimum atomic E-state index is -0.345. The van der Waals surface area contributed by atoms with Gasteiger partial charge in [0.05, 0.1) is 29.9 Å². The molecule has 0 saturated carbocycles. The molecule has 3 aromatic heterocycles. The summed E-state index contributed by atoms with van der Waals surface area (Å²) in [5.41, 5.74) is 1.09. The van der Waals surface area contributed by atoms with E-state index in [0.29, 0.717) is 30.4 Å². The van der Waals surface area contributed by atoms with Crippen LogP contribution in [0.25, 0.3) is 10.7 Å². The molecule has 0 unspecified atom stereocenters. The minimum Gasteiger partial charge on any atom is -0.375 e. The molecule has 0 aliphatic rings. The molecule has 1 aromatic carbocycles. The molecule has 4 rings (SSSR count). The smallest absolute Gasteiger partial charge is 0.287 e. The van der Waals surface area contributed by atoms with E-state index in [-0.39, 0.29) is 10.6 Å². The van der Waals surface area contributed by atoms with Gasteiger partial charge in [0.25, 0.3) is 5.56 Å². The first-order valence-corrected chi connectivity index (χ1v) is 9.45. The molecule has 27 heavy (non-hydrogen) atoms. The average Bonchev–Trinajstić information content (AvgIpc) is 3.37. The standard InChI is InChI=1S/C18H15ClN6OS/c19-16-13(9-21-25(18(16)26)11-12-5-2-1-3-6-12)20-10-15-22-17(24-23-15)14-7-4-8-27-14/h1-9,20H,10-11H2,(H,22,23,24). The van der Waals surface area contributed by atoms with Gasteiger partial charge in [-0.2, -0.15) is 10.2 Å². The lowest BCUT2D eigenvalue weighted by Gasteiger charge is -2.09. The van der Waals surface area contributed by atoms with E-state index < -0.39 is 0 Å². The highest BCUT2D eigenvalue weighted by atomic mass is 35.5. The lowest BCUT2D eigenvalue weighted by molar-refractivity contribution is 0.639. The molecule has 9 heteroatoms. The van der Waals surface area contributed by atoms with Crippen LogP contribution in [0, 0.1) is 0 Å². The van der Waals surface area contributed by atoms with Gasteiger partial charge in [-0.25, -0.2) is 9.67 Å². The Morgan fingerprint density at radius 1 is 1.19 bits per heavy atom. The summed E-state index contributed by atoms with van der Waals surface area (Å²) >= 11 is 7.81. The van der Waals surface area contributed by atoms with Crippen molar-refractivity contribution in [3.05, 3.63) is 80.8 Å². The number of anilines is 1. The number of H-pyrrole nitrogens is 1. The van der Waals surface area contributed by atoms with Crippen LogP contribution in [0.5, 0.6) is 0 Å². The zero-order valence-electron chi connectivity index (χ0n) is 14.1. The summed E-state index contributed by atoms with van der Waals surface area (Å²) in [6, 6.07) is 13.5. The number of hydrogen-bond acceptors (Lipinski definition) is 6. The maximum Gasteiger partial charge on any atom is 0.287 e. The molecular formula is C18H15ClN6OS. The molecule has 136 valence electrons. The predicted molar refractivity (Wildman–Crippen MR) is 106 cm³/mol. The molecule has 4 aromatic rings. The second kappa shape index (κ2) is 7.73. The van der Waals surface area contributed by atoms with Gasteiger partial charge in [0.2, 0.25) is 0 Å². The Labute approximate surface area is 163 Å². The first kappa shape index (κ1) is 17.4.